The molecule has 1 saturated heterocycles. The molecule has 0 aromatic rings. The molecule has 10 nitrogen and oxygen atoms in total. The van der Waals surface area contributed by atoms with Crippen LogP contribution in [0.2, 0.25) is 0 Å². The predicted molar refractivity (Wildman–Crippen MR) is 126 cm³/mol. The van der Waals surface area contributed by atoms with E-state index in [1.54, 1.807) is 34.6 Å². The van der Waals surface area contributed by atoms with Crippen LogP contribution in [0, 0.1) is 10.8 Å². The summed E-state index contributed by atoms with van der Waals surface area (Å²) < 4.78 is 27.1. The molecular formula is C24H38F2N4O6. The SMILES string of the molecule is CC(F)(F)CCC(NC(=O)C1N(C(=O)[C@@H](NC(=O)O)C(C)(C)C)CCC1(C)C)C(=O)C(=O)NC1CC1. The predicted octanol–water partition coefficient (Wildman–Crippen LogP) is 2.06. The molecule has 4 N–H and O–H groups in total. The van der Waals surface area contributed by atoms with Crippen LogP contribution in [0.3, 0.4) is 0 Å². The molecule has 1 saturated carbocycles. The van der Waals surface area contributed by atoms with Crippen LogP contribution in [-0.4, -0.2) is 76.2 Å². The van der Waals surface area contributed by atoms with Crippen molar-refractivity contribution in [3.63, 3.8) is 0 Å². The number of hydrogen-bond donors (Lipinski definition) is 4. The van der Waals surface area contributed by atoms with Gasteiger partial charge in [-0.15, -0.1) is 0 Å². The van der Waals surface area contributed by atoms with Gasteiger partial charge >= 0.3 is 6.09 Å². The smallest absolute Gasteiger partial charge is 0.405 e. The highest BCUT2D eigenvalue weighted by Crippen LogP contribution is 2.38. The standard InChI is InChI=1S/C24H38F2N4O6/c1-22(2,3)16(29-21(35)36)20(34)30-12-11-23(4,5)17(30)19(33)28-14(9-10-24(6,25)26)15(31)18(32)27-13-7-8-13/h13-14,16-17,29H,7-12H2,1-6H3,(H,27,32)(H,28,33)(H,35,36)/t14?,16-,17?/m1/s1. The fraction of sp³-hybridized carbons (Fsp3) is 0.792. The van der Waals surface area contributed by atoms with E-state index < -0.39 is 77.3 Å². The van der Waals surface area contributed by atoms with Gasteiger partial charge in [0.1, 0.15) is 12.1 Å². The molecular weight excluding hydrogens is 478 g/mol. The number of carbonyl (C=O) groups is 5. The minimum absolute atomic E-state index is 0.136. The molecule has 0 bridgehead atoms. The first-order valence-corrected chi connectivity index (χ1v) is 12.2. The zero-order valence-electron chi connectivity index (χ0n) is 21.7. The summed E-state index contributed by atoms with van der Waals surface area (Å²) in [6.07, 6.45) is -0.736. The van der Waals surface area contributed by atoms with Gasteiger partial charge in [-0.25, -0.2) is 13.6 Å². The Labute approximate surface area is 209 Å². The molecule has 0 aromatic heterocycles. The minimum atomic E-state index is -3.12. The number of nitrogens with one attached hydrogen (secondary N) is 3. The highest BCUT2D eigenvalue weighted by molar-refractivity contribution is 6.38. The van der Waals surface area contributed by atoms with E-state index in [9.17, 15) is 37.9 Å². The number of hydrogen-bond acceptors (Lipinski definition) is 5. The topological polar surface area (TPSA) is 145 Å². The van der Waals surface area contributed by atoms with Crippen molar-refractivity contribution >= 4 is 29.6 Å². The van der Waals surface area contributed by atoms with Crippen LogP contribution < -0.4 is 16.0 Å². The Hall–Kier alpha value is -2.79. The average Bonchev–Trinajstić information content (AvgIpc) is 3.47. The molecule has 0 radical (unpaired) electrons. The Morgan fingerprint density at radius 3 is 2.11 bits per heavy atom. The van der Waals surface area contributed by atoms with E-state index in [1.807, 2.05) is 0 Å². The van der Waals surface area contributed by atoms with Gasteiger partial charge in [-0.1, -0.05) is 34.6 Å². The monoisotopic (exact) mass is 516 g/mol. The number of halogens is 2. The maximum absolute atomic E-state index is 13.6. The molecule has 2 rings (SSSR count). The van der Waals surface area contributed by atoms with Crippen molar-refractivity contribution in [1.82, 2.24) is 20.9 Å². The zero-order chi connectivity index (χ0) is 27.6. The normalized spacial score (nSPS) is 21.3. The Morgan fingerprint density at radius 2 is 1.64 bits per heavy atom. The molecule has 2 aliphatic rings. The number of carbonyl (C=O) groups excluding carboxylic acids is 4. The average molecular weight is 517 g/mol. The van der Waals surface area contributed by atoms with Crippen LogP contribution in [0.15, 0.2) is 0 Å². The second-order valence-corrected chi connectivity index (χ2v) is 11.7. The largest absolute Gasteiger partial charge is 0.465 e. The van der Waals surface area contributed by atoms with Gasteiger partial charge in [-0.2, -0.15) is 0 Å². The Morgan fingerprint density at radius 1 is 1.06 bits per heavy atom. The molecule has 3 atom stereocenters. The van der Waals surface area contributed by atoms with Gasteiger partial charge in [0.05, 0.1) is 6.04 Å². The highest BCUT2D eigenvalue weighted by Gasteiger charge is 2.50. The first-order valence-electron chi connectivity index (χ1n) is 12.2. The van der Waals surface area contributed by atoms with E-state index in [0.29, 0.717) is 13.3 Å². The van der Waals surface area contributed by atoms with Crippen LogP contribution in [0.5, 0.6) is 0 Å². The van der Waals surface area contributed by atoms with Crippen LogP contribution in [0.1, 0.15) is 73.6 Å². The second kappa shape index (κ2) is 10.7. The molecule has 204 valence electrons. The summed E-state index contributed by atoms with van der Waals surface area (Å²) in [5.41, 5.74) is -1.57. The molecule has 2 unspecified atom stereocenters. The number of alkyl halides is 2. The first kappa shape index (κ1) is 29.4. The second-order valence-electron chi connectivity index (χ2n) is 11.7. The van der Waals surface area contributed by atoms with Gasteiger partial charge in [-0.05, 0) is 43.4 Å². The van der Waals surface area contributed by atoms with E-state index in [0.717, 1.165) is 12.8 Å². The summed E-state index contributed by atoms with van der Waals surface area (Å²) >= 11 is 0. The fourth-order valence-electron chi connectivity index (χ4n) is 4.33. The number of carboxylic acid groups (broad SMARTS) is 1. The third kappa shape index (κ3) is 7.86. The number of amides is 4. The maximum Gasteiger partial charge on any atom is 0.405 e. The van der Waals surface area contributed by atoms with Gasteiger partial charge in [0.15, 0.2) is 0 Å². The highest BCUT2D eigenvalue weighted by atomic mass is 19.3. The summed E-state index contributed by atoms with van der Waals surface area (Å²) in [5.74, 6) is -6.45. The summed E-state index contributed by atoms with van der Waals surface area (Å²) in [6, 6.07) is -3.89. The van der Waals surface area contributed by atoms with Crippen molar-refractivity contribution in [1.29, 1.82) is 0 Å². The summed E-state index contributed by atoms with van der Waals surface area (Å²) in [4.78, 5) is 64.6. The molecule has 1 heterocycles. The molecule has 12 heteroatoms. The van der Waals surface area contributed by atoms with Crippen molar-refractivity contribution in [2.45, 2.75) is 104 Å². The fourth-order valence-corrected chi connectivity index (χ4v) is 4.33. The summed E-state index contributed by atoms with van der Waals surface area (Å²) in [5, 5.41) is 16.4. The van der Waals surface area contributed by atoms with Crippen molar-refractivity contribution in [2.24, 2.45) is 10.8 Å². The van der Waals surface area contributed by atoms with Gasteiger partial charge in [0.2, 0.25) is 23.5 Å². The van der Waals surface area contributed by atoms with Crippen LogP contribution in [0.25, 0.3) is 0 Å². The molecule has 36 heavy (non-hydrogen) atoms. The lowest BCUT2D eigenvalue weighted by atomic mass is 9.82. The number of ketones is 1. The molecule has 1 aliphatic heterocycles. The van der Waals surface area contributed by atoms with E-state index in [-0.39, 0.29) is 12.6 Å². The Balaban J connectivity index is 2.29. The van der Waals surface area contributed by atoms with Crippen LogP contribution in [-0.2, 0) is 19.2 Å². The maximum atomic E-state index is 13.6. The third-order valence-corrected chi connectivity index (χ3v) is 6.60. The molecule has 0 spiro atoms. The zero-order valence-corrected chi connectivity index (χ0v) is 21.7. The Bertz CT molecular complexity index is 892. The Kier molecular flexibility index (Phi) is 8.73. The van der Waals surface area contributed by atoms with Crippen molar-refractivity contribution < 1.29 is 37.9 Å². The number of Topliss-reactive ketones (excluding diaryl/α,β-unsaturated/α-hetero) is 1. The quantitative estimate of drug-likeness (QED) is 0.327. The first-order chi connectivity index (χ1) is 16.3. The van der Waals surface area contributed by atoms with Gasteiger partial charge in [0.25, 0.3) is 5.91 Å². The lowest BCUT2D eigenvalue weighted by Crippen LogP contribution is -2.60. The van der Waals surface area contributed by atoms with E-state index in [4.69, 9.17) is 0 Å². The van der Waals surface area contributed by atoms with Gasteiger partial charge < -0.3 is 26.0 Å². The molecule has 0 aromatic carbocycles. The van der Waals surface area contributed by atoms with Crippen molar-refractivity contribution in [2.75, 3.05) is 6.54 Å². The van der Waals surface area contributed by atoms with Crippen molar-refractivity contribution in [3.05, 3.63) is 0 Å². The summed E-state index contributed by atoms with van der Waals surface area (Å²) in [6.45, 7) is 9.38. The van der Waals surface area contributed by atoms with E-state index >= 15 is 0 Å². The number of rotatable bonds is 10. The minimum Gasteiger partial charge on any atom is -0.465 e. The van der Waals surface area contributed by atoms with E-state index in [1.165, 1.54) is 4.90 Å². The summed E-state index contributed by atoms with van der Waals surface area (Å²) in [7, 11) is 0. The number of likely N-dealkylation sites (tertiary alicyclic amines) is 1. The molecule has 2 fully saturated rings. The lowest BCUT2D eigenvalue weighted by Gasteiger charge is -2.37. The van der Waals surface area contributed by atoms with Crippen molar-refractivity contribution in [3.8, 4) is 0 Å². The third-order valence-electron chi connectivity index (χ3n) is 6.60. The van der Waals surface area contributed by atoms with Crippen LogP contribution in [0.4, 0.5) is 13.6 Å². The molecule has 1 aliphatic carbocycles. The van der Waals surface area contributed by atoms with Gasteiger partial charge in [0, 0.05) is 19.0 Å². The van der Waals surface area contributed by atoms with E-state index in [2.05, 4.69) is 16.0 Å². The molecule has 4 amide bonds. The lowest BCUT2D eigenvalue weighted by molar-refractivity contribution is -0.145. The van der Waals surface area contributed by atoms with Gasteiger partial charge in [-0.3, -0.25) is 19.2 Å². The number of nitrogens with zero attached hydrogens (tertiary/aromatic N) is 1. The van der Waals surface area contributed by atoms with Crippen LogP contribution >= 0.6 is 0 Å².